The second kappa shape index (κ2) is 5.23. The molecular weight excluding hydrogens is 259 g/mol. The summed E-state index contributed by atoms with van der Waals surface area (Å²) in [5.74, 6) is 0.392. The minimum atomic E-state index is -0.0602. The van der Waals surface area contributed by atoms with E-state index in [2.05, 4.69) is 11.9 Å². The molecular formula is C12H14Cl2N2O. The molecule has 1 aliphatic heterocycles. The van der Waals surface area contributed by atoms with Gasteiger partial charge < -0.3 is 4.90 Å². The van der Waals surface area contributed by atoms with Crippen molar-refractivity contribution in [1.82, 2.24) is 9.88 Å². The van der Waals surface area contributed by atoms with Crippen LogP contribution in [0.2, 0.25) is 5.02 Å². The molecule has 0 N–H and O–H groups in total. The standard InChI is InChI=1S/C12H14Cl2N2O/c1-8-3-5-16(7-11(8)14)12(17)9-2-4-15-6-10(9)13/h2,4,6,8,11H,3,5,7H2,1H3. The van der Waals surface area contributed by atoms with Gasteiger partial charge in [0.25, 0.3) is 5.91 Å². The summed E-state index contributed by atoms with van der Waals surface area (Å²) in [7, 11) is 0. The highest BCUT2D eigenvalue weighted by Crippen LogP contribution is 2.24. The summed E-state index contributed by atoms with van der Waals surface area (Å²) in [6, 6.07) is 1.64. The number of rotatable bonds is 1. The van der Waals surface area contributed by atoms with Crippen molar-refractivity contribution in [3.05, 3.63) is 29.0 Å². The number of aromatic nitrogens is 1. The Kier molecular flexibility index (Phi) is 3.89. The summed E-state index contributed by atoms with van der Waals surface area (Å²) in [5, 5.41) is 0.413. The lowest BCUT2D eigenvalue weighted by atomic mass is 9.98. The first-order valence-electron chi connectivity index (χ1n) is 5.62. The third kappa shape index (κ3) is 2.72. The monoisotopic (exact) mass is 272 g/mol. The highest BCUT2D eigenvalue weighted by atomic mass is 35.5. The molecule has 0 aliphatic carbocycles. The van der Waals surface area contributed by atoms with Crippen molar-refractivity contribution in [2.45, 2.75) is 18.7 Å². The van der Waals surface area contributed by atoms with Crippen LogP contribution in [0, 0.1) is 5.92 Å². The highest BCUT2D eigenvalue weighted by Gasteiger charge is 2.28. The Morgan fingerprint density at radius 2 is 2.35 bits per heavy atom. The fourth-order valence-corrected chi connectivity index (χ4v) is 2.42. The van der Waals surface area contributed by atoms with E-state index in [1.807, 2.05) is 0 Å². The molecule has 5 heteroatoms. The molecule has 17 heavy (non-hydrogen) atoms. The Hall–Kier alpha value is -0.800. The van der Waals surface area contributed by atoms with E-state index in [1.165, 1.54) is 6.20 Å². The van der Waals surface area contributed by atoms with E-state index in [9.17, 15) is 4.79 Å². The minimum Gasteiger partial charge on any atom is -0.337 e. The minimum absolute atomic E-state index is 0.0216. The number of carbonyl (C=O) groups excluding carboxylic acids is 1. The van der Waals surface area contributed by atoms with E-state index in [1.54, 1.807) is 17.2 Å². The van der Waals surface area contributed by atoms with E-state index in [4.69, 9.17) is 23.2 Å². The van der Waals surface area contributed by atoms with Gasteiger partial charge >= 0.3 is 0 Å². The zero-order valence-corrected chi connectivity index (χ0v) is 11.1. The topological polar surface area (TPSA) is 33.2 Å². The van der Waals surface area contributed by atoms with Crippen LogP contribution in [0.4, 0.5) is 0 Å². The average Bonchev–Trinajstić information content (AvgIpc) is 2.32. The van der Waals surface area contributed by atoms with Crippen molar-refractivity contribution < 1.29 is 4.79 Å². The van der Waals surface area contributed by atoms with Gasteiger partial charge in [0, 0.05) is 25.5 Å². The number of hydrogen-bond donors (Lipinski definition) is 0. The van der Waals surface area contributed by atoms with Gasteiger partial charge in [-0.1, -0.05) is 18.5 Å². The smallest absolute Gasteiger partial charge is 0.255 e. The summed E-state index contributed by atoms with van der Waals surface area (Å²) < 4.78 is 0. The maximum absolute atomic E-state index is 12.2. The predicted molar refractivity (Wildman–Crippen MR) is 68.6 cm³/mol. The number of hydrogen-bond acceptors (Lipinski definition) is 2. The summed E-state index contributed by atoms with van der Waals surface area (Å²) in [5.41, 5.74) is 0.500. The molecule has 92 valence electrons. The van der Waals surface area contributed by atoms with Crippen molar-refractivity contribution in [1.29, 1.82) is 0 Å². The van der Waals surface area contributed by atoms with Crippen LogP contribution in [0.3, 0.4) is 0 Å². The van der Waals surface area contributed by atoms with Crippen LogP contribution in [0.15, 0.2) is 18.5 Å². The molecule has 2 unspecified atom stereocenters. The lowest BCUT2D eigenvalue weighted by molar-refractivity contribution is 0.0701. The molecule has 1 saturated heterocycles. The van der Waals surface area contributed by atoms with Gasteiger partial charge in [-0.15, -0.1) is 11.6 Å². The first-order valence-corrected chi connectivity index (χ1v) is 6.44. The second-order valence-corrected chi connectivity index (χ2v) is 5.36. The fraction of sp³-hybridized carbons (Fsp3) is 0.500. The Labute approximate surface area is 111 Å². The van der Waals surface area contributed by atoms with Crippen LogP contribution in [0.25, 0.3) is 0 Å². The van der Waals surface area contributed by atoms with Crippen LogP contribution >= 0.6 is 23.2 Å². The number of halogens is 2. The summed E-state index contributed by atoms with van der Waals surface area (Å²) >= 11 is 12.2. The highest BCUT2D eigenvalue weighted by molar-refractivity contribution is 6.33. The third-order valence-corrected chi connectivity index (χ3v) is 4.03. The normalized spacial score (nSPS) is 24.8. The zero-order chi connectivity index (χ0) is 12.4. The molecule has 1 fully saturated rings. The molecule has 0 bridgehead atoms. The van der Waals surface area contributed by atoms with E-state index < -0.39 is 0 Å². The van der Waals surface area contributed by atoms with Gasteiger partial charge in [0.1, 0.15) is 0 Å². The number of pyridine rings is 1. The van der Waals surface area contributed by atoms with Gasteiger partial charge in [-0.05, 0) is 18.4 Å². The fourth-order valence-electron chi connectivity index (χ4n) is 1.93. The Morgan fingerprint density at radius 1 is 1.59 bits per heavy atom. The molecule has 2 atom stereocenters. The average molecular weight is 273 g/mol. The summed E-state index contributed by atoms with van der Waals surface area (Å²) in [4.78, 5) is 17.9. The van der Waals surface area contributed by atoms with Crippen molar-refractivity contribution in [2.24, 2.45) is 5.92 Å². The molecule has 3 nitrogen and oxygen atoms in total. The molecule has 0 spiro atoms. The maximum Gasteiger partial charge on any atom is 0.255 e. The van der Waals surface area contributed by atoms with E-state index >= 15 is 0 Å². The van der Waals surface area contributed by atoms with Crippen LogP contribution in [-0.2, 0) is 0 Å². The van der Waals surface area contributed by atoms with Crippen molar-refractivity contribution in [2.75, 3.05) is 13.1 Å². The van der Waals surface area contributed by atoms with Crippen LogP contribution in [-0.4, -0.2) is 34.3 Å². The Bertz CT molecular complexity index is 425. The zero-order valence-electron chi connectivity index (χ0n) is 9.57. The summed E-state index contributed by atoms with van der Waals surface area (Å²) in [6.07, 6.45) is 3.99. The van der Waals surface area contributed by atoms with Gasteiger partial charge in [-0.2, -0.15) is 0 Å². The Morgan fingerprint density at radius 3 is 3.00 bits per heavy atom. The van der Waals surface area contributed by atoms with E-state index in [0.717, 1.165) is 13.0 Å². The van der Waals surface area contributed by atoms with E-state index in [-0.39, 0.29) is 11.3 Å². The number of carbonyl (C=O) groups is 1. The van der Waals surface area contributed by atoms with Gasteiger partial charge in [0.05, 0.1) is 16.0 Å². The third-order valence-electron chi connectivity index (χ3n) is 3.16. The number of alkyl halides is 1. The lowest BCUT2D eigenvalue weighted by Gasteiger charge is -2.34. The maximum atomic E-state index is 12.2. The predicted octanol–water partition coefficient (Wildman–Crippen LogP) is 2.82. The first kappa shape index (κ1) is 12.7. The van der Waals surface area contributed by atoms with E-state index in [0.29, 0.717) is 23.0 Å². The van der Waals surface area contributed by atoms with Crippen LogP contribution < -0.4 is 0 Å². The van der Waals surface area contributed by atoms with Gasteiger partial charge in [0.2, 0.25) is 0 Å². The molecule has 2 heterocycles. The summed E-state index contributed by atoms with van der Waals surface area (Å²) in [6.45, 7) is 3.43. The van der Waals surface area contributed by atoms with Crippen LogP contribution in [0.1, 0.15) is 23.7 Å². The second-order valence-electron chi connectivity index (χ2n) is 4.39. The molecule has 1 amide bonds. The molecule has 0 aromatic carbocycles. The molecule has 1 aromatic heterocycles. The lowest BCUT2D eigenvalue weighted by Crippen LogP contribution is -2.43. The van der Waals surface area contributed by atoms with Gasteiger partial charge in [-0.3, -0.25) is 9.78 Å². The number of likely N-dealkylation sites (tertiary alicyclic amines) is 1. The number of piperidine rings is 1. The Balaban J connectivity index is 2.14. The van der Waals surface area contributed by atoms with Crippen molar-refractivity contribution >= 4 is 29.1 Å². The quantitative estimate of drug-likeness (QED) is 0.737. The van der Waals surface area contributed by atoms with Gasteiger partial charge in [-0.25, -0.2) is 0 Å². The first-order chi connectivity index (χ1) is 8.09. The SMILES string of the molecule is CC1CCN(C(=O)c2ccncc2Cl)CC1Cl. The molecule has 0 saturated carbocycles. The van der Waals surface area contributed by atoms with Crippen molar-refractivity contribution in [3.8, 4) is 0 Å². The molecule has 1 aliphatic rings. The van der Waals surface area contributed by atoms with Crippen LogP contribution in [0.5, 0.6) is 0 Å². The number of amides is 1. The van der Waals surface area contributed by atoms with Gasteiger partial charge in [0.15, 0.2) is 0 Å². The molecule has 0 radical (unpaired) electrons. The largest absolute Gasteiger partial charge is 0.337 e. The molecule has 2 rings (SSSR count). The molecule has 1 aromatic rings. The number of nitrogens with zero attached hydrogens (tertiary/aromatic N) is 2. The van der Waals surface area contributed by atoms with Crippen molar-refractivity contribution in [3.63, 3.8) is 0 Å².